The number of hydrogen-bond donors (Lipinski definition) is 0. The molecule has 33 heavy (non-hydrogen) atoms. The summed E-state index contributed by atoms with van der Waals surface area (Å²) in [6.07, 6.45) is 0.936. The number of piperazine rings is 1. The number of methoxy groups -OCH3 is 1. The Kier molecular flexibility index (Phi) is 5.93. The van der Waals surface area contributed by atoms with Crippen molar-refractivity contribution >= 4 is 27.6 Å². The number of esters is 1. The van der Waals surface area contributed by atoms with Gasteiger partial charge in [-0.25, -0.2) is 13.2 Å². The van der Waals surface area contributed by atoms with Crippen LogP contribution in [0.4, 0.5) is 5.69 Å². The van der Waals surface area contributed by atoms with E-state index in [9.17, 15) is 28.1 Å². The van der Waals surface area contributed by atoms with Crippen molar-refractivity contribution < 1.29 is 27.7 Å². The Balaban J connectivity index is 1.61. The molecule has 11 heteroatoms. The van der Waals surface area contributed by atoms with E-state index in [1.165, 1.54) is 28.4 Å². The van der Waals surface area contributed by atoms with Crippen molar-refractivity contribution in [2.24, 2.45) is 0 Å². The molecule has 174 valence electrons. The van der Waals surface area contributed by atoms with Crippen LogP contribution in [0, 0.1) is 10.1 Å². The smallest absolute Gasteiger partial charge is 0.328 e. The highest BCUT2D eigenvalue weighted by molar-refractivity contribution is 7.89. The number of amides is 1. The van der Waals surface area contributed by atoms with Crippen molar-refractivity contribution in [3.05, 3.63) is 70.3 Å². The van der Waals surface area contributed by atoms with Gasteiger partial charge in [0.25, 0.3) is 5.69 Å². The maximum Gasteiger partial charge on any atom is 0.328 e. The highest BCUT2D eigenvalue weighted by Gasteiger charge is 2.63. The number of sulfonamides is 1. The minimum atomic E-state index is -4.07. The van der Waals surface area contributed by atoms with Crippen molar-refractivity contribution in [1.29, 1.82) is 0 Å². The lowest BCUT2D eigenvalue weighted by Gasteiger charge is -2.42. The van der Waals surface area contributed by atoms with Crippen molar-refractivity contribution in [2.75, 3.05) is 20.2 Å². The van der Waals surface area contributed by atoms with Gasteiger partial charge in [-0.2, -0.15) is 4.31 Å². The van der Waals surface area contributed by atoms with Gasteiger partial charge < -0.3 is 9.64 Å². The summed E-state index contributed by atoms with van der Waals surface area (Å²) >= 11 is 0. The normalized spacial score (nSPS) is 18.7. The molecule has 2 aromatic carbocycles. The number of benzene rings is 2. The molecule has 0 bridgehead atoms. The summed E-state index contributed by atoms with van der Waals surface area (Å²) < 4.78 is 32.8. The summed E-state index contributed by atoms with van der Waals surface area (Å²) in [7, 11) is -2.81. The minimum absolute atomic E-state index is 0.00729. The van der Waals surface area contributed by atoms with Crippen molar-refractivity contribution in [1.82, 2.24) is 9.21 Å². The Hall–Kier alpha value is -3.31. The Morgan fingerprint density at radius 3 is 2.30 bits per heavy atom. The summed E-state index contributed by atoms with van der Waals surface area (Å²) in [5.74, 6) is -0.986. The number of hydrogen-bond acceptors (Lipinski definition) is 7. The summed E-state index contributed by atoms with van der Waals surface area (Å²) in [5.41, 5.74) is -0.619. The molecule has 10 nitrogen and oxygen atoms in total. The van der Waals surface area contributed by atoms with E-state index in [0.717, 1.165) is 17.7 Å². The van der Waals surface area contributed by atoms with Gasteiger partial charge in [-0.15, -0.1) is 0 Å². The number of carbonyl (C=O) groups is 2. The molecule has 0 radical (unpaired) electrons. The molecule has 1 spiro atoms. The van der Waals surface area contributed by atoms with E-state index >= 15 is 0 Å². The van der Waals surface area contributed by atoms with Gasteiger partial charge in [-0.3, -0.25) is 14.9 Å². The first-order valence-electron chi connectivity index (χ1n) is 10.4. The van der Waals surface area contributed by atoms with Crippen molar-refractivity contribution in [3.63, 3.8) is 0 Å². The molecule has 0 unspecified atom stereocenters. The zero-order valence-corrected chi connectivity index (χ0v) is 18.7. The maximum absolute atomic E-state index is 13.5. The van der Waals surface area contributed by atoms with Gasteiger partial charge >= 0.3 is 5.97 Å². The van der Waals surface area contributed by atoms with Gasteiger partial charge in [0.15, 0.2) is 0 Å². The topological polar surface area (TPSA) is 127 Å². The van der Waals surface area contributed by atoms with Crippen LogP contribution in [-0.4, -0.2) is 66.2 Å². The monoisotopic (exact) mass is 473 g/mol. The number of rotatable bonds is 7. The minimum Gasteiger partial charge on any atom is -0.467 e. The molecular weight excluding hydrogens is 450 g/mol. The summed E-state index contributed by atoms with van der Waals surface area (Å²) in [6.45, 7) is 0.0345. The predicted molar refractivity (Wildman–Crippen MR) is 117 cm³/mol. The quantitative estimate of drug-likeness (QED) is 0.340. The molecule has 2 fully saturated rings. The van der Waals surface area contributed by atoms with Crippen LogP contribution in [-0.2, 0) is 30.8 Å². The molecular formula is C22H23N3O7S. The van der Waals surface area contributed by atoms with Crippen LogP contribution in [0.3, 0.4) is 0 Å². The Bertz CT molecular complexity index is 1180. The molecule has 4 rings (SSSR count). The summed E-state index contributed by atoms with van der Waals surface area (Å²) in [5, 5.41) is 10.9. The average Bonchev–Trinajstić information content (AvgIpc) is 3.61. The largest absolute Gasteiger partial charge is 0.467 e. The van der Waals surface area contributed by atoms with Crippen LogP contribution >= 0.6 is 0 Å². The second-order valence-electron chi connectivity index (χ2n) is 8.09. The van der Waals surface area contributed by atoms with Gasteiger partial charge in [0, 0.05) is 31.6 Å². The molecule has 1 aliphatic carbocycles. The highest BCUT2D eigenvalue weighted by atomic mass is 32.2. The fourth-order valence-corrected chi connectivity index (χ4v) is 6.06. The average molecular weight is 474 g/mol. The van der Waals surface area contributed by atoms with Crippen LogP contribution in [0.1, 0.15) is 18.4 Å². The van der Waals surface area contributed by atoms with E-state index in [1.807, 2.05) is 30.3 Å². The second kappa shape index (κ2) is 8.56. The molecule has 1 saturated heterocycles. The van der Waals surface area contributed by atoms with Gasteiger partial charge in [-0.1, -0.05) is 30.3 Å². The lowest BCUT2D eigenvalue weighted by Crippen LogP contribution is -2.64. The van der Waals surface area contributed by atoms with Crippen molar-refractivity contribution in [2.45, 2.75) is 35.7 Å². The first-order chi connectivity index (χ1) is 15.7. The zero-order valence-electron chi connectivity index (χ0n) is 17.9. The molecule has 2 aliphatic rings. The van der Waals surface area contributed by atoms with E-state index in [2.05, 4.69) is 0 Å². The standard InChI is InChI=1S/C22H23N3O7S/c1-32-20(26)19(15-16-5-3-2-4-6-16)23-13-14-24(22(11-12-22)21(23)27)33(30,31)18-9-7-17(8-10-18)25(28)29/h2-10,19H,11-15H2,1H3/t19-/m0/s1. The third-order valence-electron chi connectivity index (χ3n) is 6.16. The highest BCUT2D eigenvalue weighted by Crippen LogP contribution is 2.48. The number of carbonyl (C=O) groups excluding carboxylic acids is 2. The number of non-ortho nitro benzene ring substituents is 1. The van der Waals surface area contributed by atoms with E-state index in [1.54, 1.807) is 0 Å². The Morgan fingerprint density at radius 1 is 1.12 bits per heavy atom. The zero-order chi connectivity index (χ0) is 23.8. The fraction of sp³-hybridized carbons (Fsp3) is 0.364. The van der Waals surface area contributed by atoms with Gasteiger partial charge in [0.05, 0.1) is 16.9 Å². The number of nitrogens with zero attached hydrogens (tertiary/aromatic N) is 3. The van der Waals surface area contributed by atoms with E-state index in [4.69, 9.17) is 4.74 Å². The van der Waals surface area contributed by atoms with Gasteiger partial charge in [0.2, 0.25) is 15.9 Å². The first kappa shape index (κ1) is 22.9. The summed E-state index contributed by atoms with van der Waals surface area (Å²) in [4.78, 5) is 37.7. The molecule has 1 amide bonds. The summed E-state index contributed by atoms with van der Waals surface area (Å²) in [6, 6.07) is 12.9. The fourth-order valence-electron chi connectivity index (χ4n) is 4.28. The van der Waals surface area contributed by atoms with E-state index in [-0.39, 0.29) is 30.1 Å². The van der Waals surface area contributed by atoms with Crippen molar-refractivity contribution in [3.8, 4) is 0 Å². The lowest BCUT2D eigenvalue weighted by molar-refractivity contribution is -0.384. The number of ether oxygens (including phenoxy) is 1. The van der Waals surface area contributed by atoms with Crippen LogP contribution in [0.25, 0.3) is 0 Å². The van der Waals surface area contributed by atoms with Gasteiger partial charge in [-0.05, 0) is 30.5 Å². The predicted octanol–water partition coefficient (Wildman–Crippen LogP) is 1.74. The molecule has 2 aromatic rings. The van der Waals surface area contributed by atoms with Crippen LogP contribution in [0.15, 0.2) is 59.5 Å². The lowest BCUT2D eigenvalue weighted by atomic mass is 10.0. The third-order valence-corrected chi connectivity index (χ3v) is 8.14. The maximum atomic E-state index is 13.5. The molecule has 0 N–H and O–H groups in total. The SMILES string of the molecule is COC(=O)[C@H](Cc1ccccc1)N1CCN(S(=O)(=O)c2ccc([N+](=O)[O-])cc2)C2(CC2)C1=O. The molecule has 0 aromatic heterocycles. The van der Waals surface area contributed by atoms with Crippen LogP contribution in [0.5, 0.6) is 0 Å². The second-order valence-corrected chi connectivity index (χ2v) is 9.95. The molecule has 1 saturated carbocycles. The van der Waals surface area contributed by atoms with Crippen LogP contribution < -0.4 is 0 Å². The van der Waals surface area contributed by atoms with Gasteiger partial charge in [0.1, 0.15) is 11.6 Å². The molecule has 1 aliphatic heterocycles. The number of nitro benzene ring substituents is 1. The molecule has 1 heterocycles. The van der Waals surface area contributed by atoms with E-state index in [0.29, 0.717) is 12.8 Å². The third kappa shape index (κ3) is 4.09. The molecule has 1 atom stereocenters. The van der Waals surface area contributed by atoms with Crippen LogP contribution in [0.2, 0.25) is 0 Å². The Morgan fingerprint density at radius 2 is 1.76 bits per heavy atom. The first-order valence-corrected chi connectivity index (χ1v) is 11.8. The Labute approximate surface area is 190 Å². The van der Waals surface area contributed by atoms with E-state index < -0.39 is 38.4 Å². The number of nitro groups is 1.